The number of nitrogens with two attached hydrogens (primary N) is 1. The number of hydrogen-bond donors (Lipinski definition) is 1. The normalized spacial score (nSPS) is 16.2. The van der Waals surface area contributed by atoms with Crippen LogP contribution < -0.4 is 10.5 Å². The van der Waals surface area contributed by atoms with Gasteiger partial charge in [-0.1, -0.05) is 37.3 Å². The third kappa shape index (κ3) is 5.35. The van der Waals surface area contributed by atoms with Crippen LogP contribution in [0.15, 0.2) is 54.6 Å². The zero-order chi connectivity index (χ0) is 20.8. The van der Waals surface area contributed by atoms with Gasteiger partial charge in [-0.25, -0.2) is 0 Å². The predicted octanol–water partition coefficient (Wildman–Crippen LogP) is 2.53. The Hall–Kier alpha value is -2.86. The highest BCUT2D eigenvalue weighted by atomic mass is 16.5. The minimum atomic E-state index is -0.208. The lowest BCUT2D eigenvalue weighted by Crippen LogP contribution is -2.53. The van der Waals surface area contributed by atoms with Gasteiger partial charge in [-0.15, -0.1) is 0 Å². The Balaban J connectivity index is 1.51. The van der Waals surface area contributed by atoms with Crippen molar-refractivity contribution in [3.05, 3.63) is 65.7 Å². The minimum absolute atomic E-state index is 0.0213. The molecule has 6 heteroatoms. The van der Waals surface area contributed by atoms with Gasteiger partial charge in [-0.2, -0.15) is 0 Å². The molecule has 3 rings (SSSR count). The molecule has 1 aliphatic rings. The Morgan fingerprint density at radius 2 is 1.52 bits per heavy atom. The molecule has 1 aliphatic heterocycles. The van der Waals surface area contributed by atoms with Gasteiger partial charge >= 0.3 is 0 Å². The number of piperazine rings is 1. The number of ether oxygens (including phenoxy) is 1. The first-order chi connectivity index (χ1) is 14.0. The topological polar surface area (TPSA) is 75.9 Å². The molecule has 2 aromatic rings. The van der Waals surface area contributed by atoms with Crippen molar-refractivity contribution in [2.24, 2.45) is 11.7 Å². The molecular weight excluding hydrogens is 366 g/mol. The molecule has 1 heterocycles. The van der Waals surface area contributed by atoms with Crippen LogP contribution >= 0.6 is 0 Å². The summed E-state index contributed by atoms with van der Waals surface area (Å²) in [6.07, 6.45) is 0. The number of hydrogen-bond acceptors (Lipinski definition) is 4. The van der Waals surface area contributed by atoms with E-state index in [1.54, 1.807) is 21.9 Å². The molecule has 0 aliphatic carbocycles. The fourth-order valence-electron chi connectivity index (χ4n) is 3.26. The van der Waals surface area contributed by atoms with Crippen LogP contribution in [0, 0.1) is 5.92 Å². The Morgan fingerprint density at radius 1 is 0.931 bits per heavy atom. The van der Waals surface area contributed by atoms with Gasteiger partial charge in [-0.3, -0.25) is 9.59 Å². The smallest absolute Gasteiger partial charge is 0.253 e. The fraction of sp³-hybridized carbons (Fsp3) is 0.391. The van der Waals surface area contributed by atoms with Gasteiger partial charge in [-0.05, 0) is 36.8 Å². The van der Waals surface area contributed by atoms with Crippen molar-refractivity contribution in [1.29, 1.82) is 0 Å². The number of rotatable bonds is 6. The van der Waals surface area contributed by atoms with Crippen molar-refractivity contribution in [3.63, 3.8) is 0 Å². The standard InChI is InChI=1S/C23H29N3O3/c1-17(18(2)24)22(27)25-12-14-26(15-13-25)23(28)20-8-10-21(11-9-20)29-16-19-6-4-3-5-7-19/h3-11,17-18H,12-16,24H2,1-2H3. The third-order valence-electron chi connectivity index (χ3n) is 5.41. The Morgan fingerprint density at radius 3 is 2.10 bits per heavy atom. The van der Waals surface area contributed by atoms with E-state index in [4.69, 9.17) is 10.5 Å². The van der Waals surface area contributed by atoms with E-state index < -0.39 is 0 Å². The van der Waals surface area contributed by atoms with Crippen LogP contribution in [-0.2, 0) is 11.4 Å². The van der Waals surface area contributed by atoms with Gasteiger partial charge in [0.15, 0.2) is 0 Å². The van der Waals surface area contributed by atoms with Gasteiger partial charge in [0.25, 0.3) is 5.91 Å². The highest BCUT2D eigenvalue weighted by molar-refractivity contribution is 5.94. The molecule has 2 unspecified atom stereocenters. The van der Waals surface area contributed by atoms with Gasteiger partial charge in [0.2, 0.25) is 5.91 Å². The van der Waals surface area contributed by atoms with Crippen LogP contribution in [0.2, 0.25) is 0 Å². The van der Waals surface area contributed by atoms with Gasteiger partial charge in [0.05, 0.1) is 5.92 Å². The van der Waals surface area contributed by atoms with E-state index in [2.05, 4.69) is 0 Å². The van der Waals surface area contributed by atoms with E-state index in [1.807, 2.05) is 56.3 Å². The molecule has 154 valence electrons. The molecule has 2 amide bonds. The molecule has 1 fully saturated rings. The van der Waals surface area contributed by atoms with E-state index in [9.17, 15) is 9.59 Å². The first kappa shape index (κ1) is 20.9. The zero-order valence-corrected chi connectivity index (χ0v) is 17.1. The van der Waals surface area contributed by atoms with Crippen LogP contribution in [0.1, 0.15) is 29.8 Å². The van der Waals surface area contributed by atoms with Crippen LogP contribution in [0.5, 0.6) is 5.75 Å². The summed E-state index contributed by atoms with van der Waals surface area (Å²) >= 11 is 0. The second-order valence-electron chi connectivity index (χ2n) is 7.56. The number of nitrogens with zero attached hydrogens (tertiary/aromatic N) is 2. The number of amides is 2. The highest BCUT2D eigenvalue weighted by Gasteiger charge is 2.28. The lowest BCUT2D eigenvalue weighted by Gasteiger charge is -2.36. The maximum atomic E-state index is 12.8. The summed E-state index contributed by atoms with van der Waals surface area (Å²) in [5, 5.41) is 0. The maximum Gasteiger partial charge on any atom is 0.253 e. The average molecular weight is 396 g/mol. The van der Waals surface area contributed by atoms with Crippen molar-refractivity contribution in [3.8, 4) is 5.75 Å². The Kier molecular flexibility index (Phi) is 6.88. The lowest BCUT2D eigenvalue weighted by atomic mass is 10.0. The molecule has 0 bridgehead atoms. The molecule has 0 radical (unpaired) electrons. The summed E-state index contributed by atoms with van der Waals surface area (Å²) in [5.74, 6) is 0.561. The Bertz CT molecular complexity index is 813. The molecule has 1 saturated heterocycles. The van der Waals surface area contributed by atoms with E-state index in [-0.39, 0.29) is 23.8 Å². The second-order valence-corrected chi connectivity index (χ2v) is 7.56. The second kappa shape index (κ2) is 9.56. The summed E-state index contributed by atoms with van der Waals surface area (Å²) in [7, 11) is 0. The SMILES string of the molecule is CC(N)C(C)C(=O)N1CCN(C(=O)c2ccc(OCc3ccccc3)cc2)CC1. The van der Waals surface area contributed by atoms with Crippen molar-refractivity contribution in [1.82, 2.24) is 9.80 Å². The van der Waals surface area contributed by atoms with E-state index in [1.165, 1.54) is 0 Å². The predicted molar refractivity (Wildman–Crippen MR) is 113 cm³/mol. The summed E-state index contributed by atoms with van der Waals surface area (Å²) in [5.41, 5.74) is 7.56. The maximum absolute atomic E-state index is 12.8. The largest absolute Gasteiger partial charge is 0.489 e. The van der Waals surface area contributed by atoms with Crippen LogP contribution in [-0.4, -0.2) is 53.8 Å². The fourth-order valence-corrected chi connectivity index (χ4v) is 3.26. The average Bonchev–Trinajstić information content (AvgIpc) is 2.77. The third-order valence-corrected chi connectivity index (χ3v) is 5.41. The summed E-state index contributed by atoms with van der Waals surface area (Å²) in [4.78, 5) is 28.8. The first-order valence-electron chi connectivity index (χ1n) is 10.1. The molecule has 0 aromatic heterocycles. The van der Waals surface area contributed by atoms with E-state index >= 15 is 0 Å². The van der Waals surface area contributed by atoms with Crippen LogP contribution in [0.4, 0.5) is 0 Å². The molecule has 0 saturated carbocycles. The quantitative estimate of drug-likeness (QED) is 0.816. The zero-order valence-electron chi connectivity index (χ0n) is 17.1. The molecule has 2 atom stereocenters. The highest BCUT2D eigenvalue weighted by Crippen LogP contribution is 2.17. The number of carbonyl (C=O) groups excluding carboxylic acids is 2. The molecule has 2 N–H and O–H groups in total. The summed E-state index contributed by atoms with van der Waals surface area (Å²) in [6, 6.07) is 17.0. The van der Waals surface area contributed by atoms with Crippen LogP contribution in [0.25, 0.3) is 0 Å². The summed E-state index contributed by atoms with van der Waals surface area (Å²) < 4.78 is 5.78. The molecule has 0 spiro atoms. The number of benzene rings is 2. The molecular formula is C23H29N3O3. The van der Waals surface area contributed by atoms with Crippen molar-refractivity contribution >= 4 is 11.8 Å². The first-order valence-corrected chi connectivity index (χ1v) is 10.1. The van der Waals surface area contributed by atoms with Gasteiger partial charge < -0.3 is 20.3 Å². The van der Waals surface area contributed by atoms with Crippen molar-refractivity contribution < 1.29 is 14.3 Å². The lowest BCUT2D eigenvalue weighted by molar-refractivity contribution is -0.137. The molecule has 2 aromatic carbocycles. The molecule has 29 heavy (non-hydrogen) atoms. The van der Waals surface area contributed by atoms with Gasteiger partial charge in [0.1, 0.15) is 12.4 Å². The van der Waals surface area contributed by atoms with Crippen LogP contribution in [0.3, 0.4) is 0 Å². The Labute approximate surface area is 172 Å². The van der Waals surface area contributed by atoms with E-state index in [0.29, 0.717) is 38.3 Å². The number of carbonyl (C=O) groups is 2. The van der Waals surface area contributed by atoms with E-state index in [0.717, 1.165) is 11.3 Å². The molecule has 6 nitrogen and oxygen atoms in total. The minimum Gasteiger partial charge on any atom is -0.489 e. The van der Waals surface area contributed by atoms with Crippen molar-refractivity contribution in [2.75, 3.05) is 26.2 Å². The van der Waals surface area contributed by atoms with Gasteiger partial charge in [0, 0.05) is 37.8 Å². The van der Waals surface area contributed by atoms with Crippen molar-refractivity contribution in [2.45, 2.75) is 26.5 Å². The summed E-state index contributed by atoms with van der Waals surface area (Å²) in [6.45, 7) is 6.33. The monoisotopic (exact) mass is 395 g/mol.